The van der Waals surface area contributed by atoms with Crippen LogP contribution in [0, 0.1) is 11.3 Å². The number of carbonyl (C=O) groups is 1. The normalized spacial score (nSPS) is 14.2. The highest BCUT2D eigenvalue weighted by Gasteiger charge is 2.26. The van der Waals surface area contributed by atoms with Crippen molar-refractivity contribution in [1.29, 1.82) is 5.26 Å². The molecule has 0 saturated carbocycles. The second-order valence-electron chi connectivity index (χ2n) is 8.15. The minimum atomic E-state index is -3.65. The number of nitrogens with zero attached hydrogens (tertiary/aromatic N) is 4. The van der Waals surface area contributed by atoms with Gasteiger partial charge in [0.25, 0.3) is 0 Å². The van der Waals surface area contributed by atoms with Gasteiger partial charge in [-0.3, -0.25) is 4.79 Å². The molecule has 4 rings (SSSR count). The number of amides is 1. The summed E-state index contributed by atoms with van der Waals surface area (Å²) in [5.74, 6) is 0.313. The summed E-state index contributed by atoms with van der Waals surface area (Å²) >= 11 is 6.00. The number of hydrogen-bond acceptors (Lipinski definition) is 6. The molecule has 1 amide bonds. The van der Waals surface area contributed by atoms with Crippen LogP contribution in [0.5, 0.6) is 0 Å². The van der Waals surface area contributed by atoms with Crippen molar-refractivity contribution in [1.82, 2.24) is 9.88 Å². The molecular formula is C26H23ClN4O3S. The molecule has 0 spiro atoms. The fourth-order valence-corrected chi connectivity index (χ4v) is 4.85. The molecule has 9 heteroatoms. The smallest absolute Gasteiger partial charge is 0.246 e. The second-order valence-corrected chi connectivity index (χ2v) is 10.6. The van der Waals surface area contributed by atoms with Crippen molar-refractivity contribution in [2.75, 3.05) is 37.3 Å². The van der Waals surface area contributed by atoms with E-state index < -0.39 is 9.84 Å². The first kappa shape index (κ1) is 24.5. The molecule has 1 aliphatic heterocycles. The molecule has 1 aliphatic rings. The van der Waals surface area contributed by atoms with E-state index in [2.05, 4.69) is 11.1 Å². The predicted molar refractivity (Wildman–Crippen MR) is 137 cm³/mol. The van der Waals surface area contributed by atoms with Gasteiger partial charge in [0, 0.05) is 49.1 Å². The average Bonchev–Trinajstić information content (AvgIpc) is 2.87. The number of benzene rings is 2. The number of hydrogen-bond donors (Lipinski definition) is 0. The lowest BCUT2D eigenvalue weighted by molar-refractivity contribution is -0.126. The van der Waals surface area contributed by atoms with Crippen molar-refractivity contribution < 1.29 is 13.2 Å². The Morgan fingerprint density at radius 1 is 1.06 bits per heavy atom. The molecule has 1 aromatic heterocycles. The molecule has 1 saturated heterocycles. The monoisotopic (exact) mass is 506 g/mol. The van der Waals surface area contributed by atoms with Gasteiger partial charge in [-0.2, -0.15) is 5.26 Å². The van der Waals surface area contributed by atoms with Gasteiger partial charge in [-0.1, -0.05) is 54.1 Å². The van der Waals surface area contributed by atoms with E-state index in [-0.39, 0.29) is 22.1 Å². The van der Waals surface area contributed by atoms with Gasteiger partial charge in [-0.15, -0.1) is 0 Å². The van der Waals surface area contributed by atoms with Gasteiger partial charge >= 0.3 is 0 Å². The molecule has 35 heavy (non-hydrogen) atoms. The van der Waals surface area contributed by atoms with E-state index in [1.54, 1.807) is 41.3 Å². The van der Waals surface area contributed by atoms with Gasteiger partial charge in [0.1, 0.15) is 11.9 Å². The summed E-state index contributed by atoms with van der Waals surface area (Å²) in [5.41, 5.74) is 1.97. The first-order chi connectivity index (χ1) is 16.8. The van der Waals surface area contributed by atoms with E-state index in [4.69, 9.17) is 11.6 Å². The Morgan fingerprint density at radius 2 is 1.71 bits per heavy atom. The van der Waals surface area contributed by atoms with Crippen molar-refractivity contribution in [2.45, 2.75) is 4.90 Å². The van der Waals surface area contributed by atoms with Gasteiger partial charge in [0.2, 0.25) is 5.91 Å². The highest BCUT2D eigenvalue weighted by molar-refractivity contribution is 7.90. The quantitative estimate of drug-likeness (QED) is 0.485. The van der Waals surface area contributed by atoms with Crippen molar-refractivity contribution in [3.05, 3.63) is 82.9 Å². The molecule has 7 nitrogen and oxygen atoms in total. The Bertz CT molecular complexity index is 1410. The Kier molecular flexibility index (Phi) is 7.20. The number of nitriles is 1. The zero-order valence-electron chi connectivity index (χ0n) is 19.1. The van der Waals surface area contributed by atoms with Gasteiger partial charge in [0.15, 0.2) is 9.84 Å². The fraction of sp³-hybridized carbons (Fsp3) is 0.192. The van der Waals surface area contributed by atoms with Crippen LogP contribution in [0.1, 0.15) is 11.1 Å². The molecule has 1 fully saturated rings. The molecule has 0 unspecified atom stereocenters. The van der Waals surface area contributed by atoms with E-state index in [1.807, 2.05) is 35.2 Å². The van der Waals surface area contributed by atoms with Crippen molar-refractivity contribution >= 4 is 39.2 Å². The van der Waals surface area contributed by atoms with Crippen LogP contribution in [0.4, 0.5) is 5.82 Å². The summed E-state index contributed by atoms with van der Waals surface area (Å²) in [5, 5.41) is 10.3. The average molecular weight is 507 g/mol. The third-order valence-corrected chi connectivity index (χ3v) is 7.08. The van der Waals surface area contributed by atoms with Crippen molar-refractivity contribution in [3.63, 3.8) is 0 Å². The number of piperazine rings is 1. The molecule has 3 aromatic rings. The number of anilines is 1. The number of pyridine rings is 1. The summed E-state index contributed by atoms with van der Waals surface area (Å²) in [4.78, 5) is 20.9. The SMILES string of the molecule is CS(=O)(=O)c1cc(C#N)c(N2CCN(C(=O)C=Cc3ccccc3)CC2)nc1-c1ccc(Cl)cc1. The third-order valence-electron chi connectivity index (χ3n) is 5.71. The largest absolute Gasteiger partial charge is 0.352 e. The minimum Gasteiger partial charge on any atom is -0.352 e. The molecule has 2 aromatic carbocycles. The molecule has 0 radical (unpaired) electrons. The maximum atomic E-state index is 12.6. The van der Waals surface area contributed by atoms with Crippen LogP contribution in [-0.4, -0.2) is 56.6 Å². The Hall–Kier alpha value is -3.67. The lowest BCUT2D eigenvalue weighted by Crippen LogP contribution is -2.48. The molecule has 178 valence electrons. The van der Waals surface area contributed by atoms with Crippen LogP contribution in [-0.2, 0) is 14.6 Å². The van der Waals surface area contributed by atoms with Crippen LogP contribution in [0.15, 0.2) is 71.6 Å². The van der Waals surface area contributed by atoms with E-state index in [0.717, 1.165) is 11.8 Å². The van der Waals surface area contributed by atoms with Gasteiger partial charge in [-0.25, -0.2) is 13.4 Å². The molecule has 0 N–H and O–H groups in total. The van der Waals surface area contributed by atoms with Crippen molar-refractivity contribution in [3.8, 4) is 17.3 Å². The maximum absolute atomic E-state index is 12.6. The molecule has 0 atom stereocenters. The molecule has 2 heterocycles. The van der Waals surface area contributed by atoms with Gasteiger partial charge < -0.3 is 9.80 Å². The van der Waals surface area contributed by atoms with Crippen LogP contribution >= 0.6 is 11.6 Å². The minimum absolute atomic E-state index is 0.0139. The topological polar surface area (TPSA) is 94.4 Å². The Morgan fingerprint density at radius 3 is 2.31 bits per heavy atom. The van der Waals surface area contributed by atoms with Crippen LogP contribution in [0.3, 0.4) is 0 Å². The number of carbonyl (C=O) groups excluding carboxylic acids is 1. The van der Waals surface area contributed by atoms with E-state index in [9.17, 15) is 18.5 Å². The number of sulfone groups is 1. The summed E-state index contributed by atoms with van der Waals surface area (Å²) < 4.78 is 25.0. The lowest BCUT2D eigenvalue weighted by Gasteiger charge is -2.35. The fourth-order valence-electron chi connectivity index (χ4n) is 3.88. The number of aromatic nitrogens is 1. The first-order valence-electron chi connectivity index (χ1n) is 10.9. The highest BCUT2D eigenvalue weighted by Crippen LogP contribution is 2.32. The predicted octanol–water partition coefficient (Wildman–Crippen LogP) is 4.04. The standard InChI is InChI=1S/C26H23ClN4O3S/c1-35(33,34)23-17-21(18-28)26(29-25(23)20-8-10-22(27)11-9-20)31-15-13-30(14-16-31)24(32)12-7-19-5-3-2-4-6-19/h2-12,17H,13-16H2,1H3. The first-order valence-corrected chi connectivity index (χ1v) is 13.2. The third kappa shape index (κ3) is 5.70. The van der Waals surface area contributed by atoms with E-state index >= 15 is 0 Å². The van der Waals surface area contributed by atoms with Crippen LogP contribution < -0.4 is 4.90 Å². The molecule has 0 aliphatic carbocycles. The zero-order valence-corrected chi connectivity index (χ0v) is 20.6. The van der Waals surface area contributed by atoms with E-state index in [1.165, 1.54) is 6.07 Å². The summed E-state index contributed by atoms with van der Waals surface area (Å²) in [6.45, 7) is 1.83. The van der Waals surface area contributed by atoms with Gasteiger partial charge in [-0.05, 0) is 29.8 Å². The Labute approximate surface area is 209 Å². The summed E-state index contributed by atoms with van der Waals surface area (Å²) in [6.07, 6.45) is 4.44. The Balaban J connectivity index is 1.59. The zero-order chi connectivity index (χ0) is 25.0. The number of halogens is 1. The maximum Gasteiger partial charge on any atom is 0.246 e. The van der Waals surface area contributed by atoms with Crippen LogP contribution in [0.25, 0.3) is 17.3 Å². The molecular weight excluding hydrogens is 484 g/mol. The number of rotatable bonds is 5. The van der Waals surface area contributed by atoms with Crippen molar-refractivity contribution in [2.24, 2.45) is 0 Å². The molecule has 0 bridgehead atoms. The van der Waals surface area contributed by atoms with Crippen LogP contribution in [0.2, 0.25) is 5.02 Å². The summed E-state index contributed by atoms with van der Waals surface area (Å²) in [6, 6.07) is 19.8. The highest BCUT2D eigenvalue weighted by atomic mass is 35.5. The lowest BCUT2D eigenvalue weighted by atomic mass is 10.1. The summed E-state index contributed by atoms with van der Waals surface area (Å²) in [7, 11) is -3.65. The second kappa shape index (κ2) is 10.3. The van der Waals surface area contributed by atoms with Gasteiger partial charge in [0.05, 0.1) is 16.2 Å². The van der Waals surface area contributed by atoms with E-state index in [0.29, 0.717) is 42.6 Å².